The van der Waals surface area contributed by atoms with Crippen LogP contribution in [0, 0.1) is 18.3 Å². The molecule has 104 valence electrons. The fourth-order valence-electron chi connectivity index (χ4n) is 1.83. The molecule has 2 aromatic rings. The Balaban J connectivity index is 2.21. The fraction of sp³-hybridized carbons (Fsp3) is 0.286. The second-order valence-electron chi connectivity index (χ2n) is 4.27. The SMILES string of the molecule is COc1cc(C#N)cc(OCc2c(Cl)c(C)nn2C)c1. The van der Waals surface area contributed by atoms with Crippen molar-refractivity contribution in [3.63, 3.8) is 0 Å². The van der Waals surface area contributed by atoms with E-state index in [9.17, 15) is 0 Å². The van der Waals surface area contributed by atoms with E-state index in [-0.39, 0.29) is 6.61 Å². The predicted octanol–water partition coefficient (Wildman–Crippen LogP) is 2.84. The molecule has 2 rings (SSSR count). The fourth-order valence-corrected chi connectivity index (χ4v) is 2.04. The molecule has 20 heavy (non-hydrogen) atoms. The predicted molar refractivity (Wildman–Crippen MR) is 75.0 cm³/mol. The van der Waals surface area contributed by atoms with E-state index < -0.39 is 0 Å². The first kappa shape index (κ1) is 14.2. The Labute approximate surface area is 122 Å². The van der Waals surface area contributed by atoms with Crippen LogP contribution in [0.25, 0.3) is 0 Å². The van der Waals surface area contributed by atoms with Crippen LogP contribution in [0.4, 0.5) is 0 Å². The smallest absolute Gasteiger partial charge is 0.131 e. The van der Waals surface area contributed by atoms with Gasteiger partial charge in [0.15, 0.2) is 0 Å². The zero-order chi connectivity index (χ0) is 14.7. The summed E-state index contributed by atoms with van der Waals surface area (Å²) in [6.45, 7) is 2.11. The van der Waals surface area contributed by atoms with Crippen molar-refractivity contribution in [2.75, 3.05) is 7.11 Å². The molecule has 1 heterocycles. The quantitative estimate of drug-likeness (QED) is 0.869. The highest BCUT2D eigenvalue weighted by molar-refractivity contribution is 6.31. The molecule has 1 aromatic heterocycles. The molecule has 0 aliphatic heterocycles. The number of nitriles is 1. The molecule has 0 fully saturated rings. The minimum Gasteiger partial charge on any atom is -0.497 e. The molecule has 6 heteroatoms. The van der Waals surface area contributed by atoms with E-state index in [4.69, 9.17) is 26.3 Å². The maximum atomic E-state index is 8.96. The van der Waals surface area contributed by atoms with E-state index in [0.717, 1.165) is 11.4 Å². The standard InChI is InChI=1S/C14H14ClN3O2/c1-9-14(15)13(18(2)17-9)8-20-12-5-10(7-16)4-11(6-12)19-3/h4-6H,8H2,1-3H3. The monoisotopic (exact) mass is 291 g/mol. The largest absolute Gasteiger partial charge is 0.497 e. The van der Waals surface area contributed by atoms with Gasteiger partial charge in [0.05, 0.1) is 35.2 Å². The molecule has 0 unspecified atom stereocenters. The Kier molecular flexibility index (Phi) is 4.16. The molecule has 0 aliphatic carbocycles. The normalized spacial score (nSPS) is 10.2. The van der Waals surface area contributed by atoms with Crippen molar-refractivity contribution in [3.8, 4) is 17.6 Å². The highest BCUT2D eigenvalue weighted by atomic mass is 35.5. The van der Waals surface area contributed by atoms with Gasteiger partial charge in [-0.05, 0) is 19.1 Å². The summed E-state index contributed by atoms with van der Waals surface area (Å²) in [7, 11) is 3.35. The van der Waals surface area contributed by atoms with Gasteiger partial charge >= 0.3 is 0 Å². The third kappa shape index (κ3) is 2.86. The van der Waals surface area contributed by atoms with Crippen LogP contribution in [0.1, 0.15) is 17.0 Å². The number of rotatable bonds is 4. The molecular formula is C14H14ClN3O2. The number of aromatic nitrogens is 2. The number of halogens is 1. The van der Waals surface area contributed by atoms with E-state index in [1.165, 1.54) is 0 Å². The van der Waals surface area contributed by atoms with Gasteiger partial charge in [0.2, 0.25) is 0 Å². The maximum absolute atomic E-state index is 8.96. The zero-order valence-electron chi connectivity index (χ0n) is 11.5. The zero-order valence-corrected chi connectivity index (χ0v) is 12.2. The second kappa shape index (κ2) is 5.85. The van der Waals surface area contributed by atoms with Crippen LogP contribution in [0.5, 0.6) is 11.5 Å². The number of benzene rings is 1. The maximum Gasteiger partial charge on any atom is 0.131 e. The number of hydrogen-bond acceptors (Lipinski definition) is 4. The Morgan fingerprint density at radius 3 is 2.60 bits per heavy atom. The molecule has 0 aliphatic rings. The molecule has 0 spiro atoms. The van der Waals surface area contributed by atoms with Gasteiger partial charge in [-0.2, -0.15) is 10.4 Å². The Morgan fingerprint density at radius 2 is 2.05 bits per heavy atom. The number of methoxy groups -OCH3 is 1. The highest BCUT2D eigenvalue weighted by Gasteiger charge is 2.12. The van der Waals surface area contributed by atoms with Crippen molar-refractivity contribution in [2.45, 2.75) is 13.5 Å². The van der Waals surface area contributed by atoms with E-state index in [1.807, 2.05) is 14.0 Å². The summed E-state index contributed by atoms with van der Waals surface area (Å²) in [6, 6.07) is 7.08. The third-order valence-electron chi connectivity index (χ3n) is 2.88. The van der Waals surface area contributed by atoms with Crippen LogP contribution < -0.4 is 9.47 Å². The van der Waals surface area contributed by atoms with E-state index in [2.05, 4.69) is 11.2 Å². The summed E-state index contributed by atoms with van der Waals surface area (Å²) in [4.78, 5) is 0. The Morgan fingerprint density at radius 1 is 1.35 bits per heavy atom. The minimum absolute atomic E-state index is 0.272. The Bertz CT molecular complexity index is 674. The number of ether oxygens (including phenoxy) is 2. The summed E-state index contributed by atoms with van der Waals surface area (Å²) >= 11 is 6.16. The topological polar surface area (TPSA) is 60.1 Å². The average Bonchev–Trinajstić information content (AvgIpc) is 2.69. The highest BCUT2D eigenvalue weighted by Crippen LogP contribution is 2.25. The number of hydrogen-bond donors (Lipinski definition) is 0. The van der Waals surface area contributed by atoms with Gasteiger partial charge in [0.25, 0.3) is 0 Å². The molecule has 0 saturated carbocycles. The summed E-state index contributed by atoms with van der Waals surface area (Å²) in [5.74, 6) is 1.13. The molecule has 5 nitrogen and oxygen atoms in total. The van der Waals surface area contributed by atoms with Crippen molar-refractivity contribution >= 4 is 11.6 Å². The minimum atomic E-state index is 0.272. The molecule has 0 radical (unpaired) electrons. The van der Waals surface area contributed by atoms with Crippen molar-refractivity contribution in [1.29, 1.82) is 5.26 Å². The lowest BCUT2D eigenvalue weighted by molar-refractivity contribution is 0.292. The van der Waals surface area contributed by atoms with Crippen molar-refractivity contribution in [3.05, 3.63) is 40.2 Å². The summed E-state index contributed by atoms with van der Waals surface area (Å²) in [5.41, 5.74) is 2.02. The first-order valence-corrected chi connectivity index (χ1v) is 6.33. The molecule has 1 aromatic carbocycles. The van der Waals surface area contributed by atoms with E-state index >= 15 is 0 Å². The molecule has 0 atom stereocenters. The van der Waals surface area contributed by atoms with E-state index in [0.29, 0.717) is 22.1 Å². The van der Waals surface area contributed by atoms with E-state index in [1.54, 1.807) is 30.0 Å². The average molecular weight is 292 g/mol. The number of aryl methyl sites for hydroxylation is 2. The van der Waals surface area contributed by atoms with Crippen LogP contribution in [0.2, 0.25) is 5.02 Å². The van der Waals surface area contributed by atoms with Crippen LogP contribution in [-0.4, -0.2) is 16.9 Å². The lowest BCUT2D eigenvalue weighted by Crippen LogP contribution is -2.04. The van der Waals surface area contributed by atoms with Crippen molar-refractivity contribution < 1.29 is 9.47 Å². The van der Waals surface area contributed by atoms with Gasteiger partial charge < -0.3 is 9.47 Å². The first-order valence-electron chi connectivity index (χ1n) is 5.95. The van der Waals surface area contributed by atoms with Crippen molar-refractivity contribution in [1.82, 2.24) is 9.78 Å². The van der Waals surface area contributed by atoms with Gasteiger partial charge in [0, 0.05) is 13.1 Å². The molecule has 0 saturated heterocycles. The van der Waals surface area contributed by atoms with Gasteiger partial charge in [-0.25, -0.2) is 0 Å². The van der Waals surface area contributed by atoms with Gasteiger partial charge in [-0.15, -0.1) is 0 Å². The second-order valence-corrected chi connectivity index (χ2v) is 4.65. The van der Waals surface area contributed by atoms with Crippen LogP contribution >= 0.6 is 11.6 Å². The summed E-state index contributed by atoms with van der Waals surface area (Å²) in [6.07, 6.45) is 0. The van der Waals surface area contributed by atoms with Crippen LogP contribution in [-0.2, 0) is 13.7 Å². The first-order chi connectivity index (χ1) is 9.55. The third-order valence-corrected chi connectivity index (χ3v) is 3.37. The number of nitrogens with zero attached hydrogens (tertiary/aromatic N) is 3. The molecule has 0 bridgehead atoms. The van der Waals surface area contributed by atoms with Crippen LogP contribution in [0.15, 0.2) is 18.2 Å². The van der Waals surface area contributed by atoms with Gasteiger partial charge in [-0.3, -0.25) is 4.68 Å². The van der Waals surface area contributed by atoms with Gasteiger partial charge in [-0.1, -0.05) is 11.6 Å². The Hall–Kier alpha value is -2.19. The van der Waals surface area contributed by atoms with Crippen LogP contribution in [0.3, 0.4) is 0 Å². The lowest BCUT2D eigenvalue weighted by Gasteiger charge is -2.09. The summed E-state index contributed by atoms with van der Waals surface area (Å²) in [5, 5.41) is 13.8. The van der Waals surface area contributed by atoms with Crippen molar-refractivity contribution in [2.24, 2.45) is 7.05 Å². The molecule has 0 N–H and O–H groups in total. The summed E-state index contributed by atoms with van der Waals surface area (Å²) < 4.78 is 12.5. The lowest BCUT2D eigenvalue weighted by atomic mass is 10.2. The van der Waals surface area contributed by atoms with Gasteiger partial charge in [0.1, 0.15) is 18.1 Å². The molecule has 0 amide bonds. The molecular weight excluding hydrogens is 278 g/mol.